The van der Waals surface area contributed by atoms with Crippen molar-refractivity contribution < 1.29 is 14.7 Å². The molecule has 1 aromatic carbocycles. The SMILES string of the molecule is CCN(C(=O)c1cc(C)cc(C(=O)O)c1)C(C)Cc1ccsc1. The van der Waals surface area contributed by atoms with Crippen molar-refractivity contribution in [1.29, 1.82) is 0 Å². The zero-order valence-corrected chi connectivity index (χ0v) is 14.4. The van der Waals surface area contributed by atoms with E-state index in [0.717, 1.165) is 12.0 Å². The van der Waals surface area contributed by atoms with Crippen LogP contribution >= 0.6 is 11.3 Å². The molecule has 2 aromatic rings. The minimum atomic E-state index is -1.02. The molecular weight excluding hydrogens is 310 g/mol. The van der Waals surface area contributed by atoms with Crippen LogP contribution in [0.2, 0.25) is 0 Å². The normalized spacial score (nSPS) is 12.0. The van der Waals surface area contributed by atoms with Crippen molar-refractivity contribution in [2.45, 2.75) is 33.2 Å². The maximum absolute atomic E-state index is 12.8. The molecule has 1 amide bonds. The first kappa shape index (κ1) is 17.2. The monoisotopic (exact) mass is 331 g/mol. The number of nitrogens with zero attached hydrogens (tertiary/aromatic N) is 1. The standard InChI is InChI=1S/C18H21NO3S/c1-4-19(13(3)9-14-5-6-23-11-14)17(20)15-7-12(2)8-16(10-15)18(21)22/h5-8,10-11,13H,4,9H2,1-3H3,(H,21,22). The Bertz CT molecular complexity index is 694. The molecule has 1 unspecified atom stereocenters. The fourth-order valence-corrected chi connectivity index (χ4v) is 3.39. The predicted octanol–water partition coefficient (Wildman–Crippen LogP) is 3.85. The van der Waals surface area contributed by atoms with Gasteiger partial charge >= 0.3 is 5.97 Å². The number of carbonyl (C=O) groups excluding carboxylic acids is 1. The van der Waals surface area contributed by atoms with Gasteiger partial charge in [-0.2, -0.15) is 11.3 Å². The van der Waals surface area contributed by atoms with Crippen LogP contribution in [0.4, 0.5) is 0 Å². The van der Waals surface area contributed by atoms with Gasteiger partial charge < -0.3 is 10.0 Å². The minimum absolute atomic E-state index is 0.0518. The van der Waals surface area contributed by atoms with Crippen molar-refractivity contribution in [1.82, 2.24) is 4.90 Å². The molecule has 122 valence electrons. The summed E-state index contributed by atoms with van der Waals surface area (Å²) < 4.78 is 0. The highest BCUT2D eigenvalue weighted by molar-refractivity contribution is 7.07. The quantitative estimate of drug-likeness (QED) is 0.875. The molecule has 1 heterocycles. The number of hydrogen-bond donors (Lipinski definition) is 1. The Morgan fingerprint density at radius 2 is 1.96 bits per heavy atom. The van der Waals surface area contributed by atoms with Gasteiger partial charge in [0.05, 0.1) is 5.56 Å². The van der Waals surface area contributed by atoms with Crippen LogP contribution in [0.5, 0.6) is 0 Å². The van der Waals surface area contributed by atoms with Gasteiger partial charge in [-0.05, 0) is 73.3 Å². The number of amides is 1. The topological polar surface area (TPSA) is 57.6 Å². The summed E-state index contributed by atoms with van der Waals surface area (Å²) >= 11 is 1.64. The molecule has 0 aliphatic heterocycles. The number of aromatic carboxylic acids is 1. The lowest BCUT2D eigenvalue weighted by Crippen LogP contribution is -2.39. The molecule has 23 heavy (non-hydrogen) atoms. The van der Waals surface area contributed by atoms with E-state index in [4.69, 9.17) is 5.11 Å². The second-order valence-corrected chi connectivity index (χ2v) is 6.45. The lowest BCUT2D eigenvalue weighted by molar-refractivity contribution is 0.0696. The van der Waals surface area contributed by atoms with Crippen molar-refractivity contribution in [2.24, 2.45) is 0 Å². The van der Waals surface area contributed by atoms with Gasteiger partial charge in [-0.1, -0.05) is 0 Å². The van der Waals surface area contributed by atoms with Crippen LogP contribution in [-0.4, -0.2) is 34.5 Å². The zero-order valence-electron chi connectivity index (χ0n) is 13.6. The number of thiophene rings is 1. The van der Waals surface area contributed by atoms with E-state index in [1.54, 1.807) is 35.3 Å². The van der Waals surface area contributed by atoms with Gasteiger partial charge in [0, 0.05) is 18.2 Å². The Morgan fingerprint density at radius 3 is 2.52 bits per heavy atom. The molecule has 0 spiro atoms. The summed E-state index contributed by atoms with van der Waals surface area (Å²) in [4.78, 5) is 25.8. The Morgan fingerprint density at radius 1 is 1.26 bits per heavy atom. The van der Waals surface area contributed by atoms with Gasteiger partial charge in [0.25, 0.3) is 5.91 Å². The van der Waals surface area contributed by atoms with E-state index in [9.17, 15) is 9.59 Å². The van der Waals surface area contributed by atoms with Crippen molar-refractivity contribution in [3.63, 3.8) is 0 Å². The molecule has 0 aliphatic rings. The van der Waals surface area contributed by atoms with Crippen LogP contribution in [0, 0.1) is 6.92 Å². The summed E-state index contributed by atoms with van der Waals surface area (Å²) in [6.07, 6.45) is 0.792. The Hall–Kier alpha value is -2.14. The van der Waals surface area contributed by atoms with Crippen molar-refractivity contribution in [2.75, 3.05) is 6.54 Å². The van der Waals surface area contributed by atoms with Crippen LogP contribution in [0.3, 0.4) is 0 Å². The zero-order chi connectivity index (χ0) is 17.0. The summed E-state index contributed by atoms with van der Waals surface area (Å²) in [5, 5.41) is 13.3. The maximum atomic E-state index is 12.8. The highest BCUT2D eigenvalue weighted by atomic mass is 32.1. The molecule has 2 rings (SSSR count). The van der Waals surface area contributed by atoms with Gasteiger partial charge in [0.15, 0.2) is 0 Å². The molecular formula is C18H21NO3S. The lowest BCUT2D eigenvalue weighted by Gasteiger charge is -2.28. The number of carbonyl (C=O) groups is 2. The van der Waals surface area contributed by atoms with Crippen LogP contribution in [0.1, 0.15) is 45.7 Å². The van der Waals surface area contributed by atoms with Crippen molar-refractivity contribution >= 4 is 23.2 Å². The average Bonchev–Trinajstić information content (AvgIpc) is 3.00. The smallest absolute Gasteiger partial charge is 0.335 e. The molecule has 4 nitrogen and oxygen atoms in total. The number of aryl methyl sites for hydroxylation is 1. The van der Waals surface area contributed by atoms with Crippen LogP contribution in [0.25, 0.3) is 0 Å². The molecule has 0 saturated heterocycles. The average molecular weight is 331 g/mol. The number of carboxylic acid groups (broad SMARTS) is 1. The van der Waals surface area contributed by atoms with Crippen molar-refractivity contribution in [3.05, 3.63) is 57.3 Å². The molecule has 1 N–H and O–H groups in total. The predicted molar refractivity (Wildman–Crippen MR) is 92.3 cm³/mol. The molecule has 1 atom stereocenters. The first-order valence-electron chi connectivity index (χ1n) is 7.59. The van der Waals surface area contributed by atoms with Gasteiger partial charge in [-0.3, -0.25) is 4.79 Å². The Balaban J connectivity index is 2.24. The summed E-state index contributed by atoms with van der Waals surface area (Å²) in [7, 11) is 0. The fraction of sp³-hybridized carbons (Fsp3) is 0.333. The van der Waals surface area contributed by atoms with E-state index >= 15 is 0 Å². The van der Waals surface area contributed by atoms with Gasteiger partial charge in [0.1, 0.15) is 0 Å². The molecule has 1 aromatic heterocycles. The van der Waals surface area contributed by atoms with E-state index < -0.39 is 5.97 Å². The minimum Gasteiger partial charge on any atom is -0.478 e. The number of likely N-dealkylation sites (N-methyl/N-ethyl adjacent to an activating group) is 1. The lowest BCUT2D eigenvalue weighted by atomic mass is 10.0. The summed E-state index contributed by atoms with van der Waals surface area (Å²) in [6, 6.07) is 6.89. The molecule has 0 radical (unpaired) electrons. The summed E-state index contributed by atoms with van der Waals surface area (Å²) in [5.74, 6) is -1.14. The Kier molecular flexibility index (Phi) is 5.55. The van der Waals surface area contributed by atoms with Crippen molar-refractivity contribution in [3.8, 4) is 0 Å². The number of benzene rings is 1. The first-order chi connectivity index (χ1) is 10.9. The van der Waals surface area contributed by atoms with Crippen LogP contribution in [0.15, 0.2) is 35.0 Å². The number of rotatable bonds is 6. The Labute approximate surface area is 140 Å². The number of hydrogen-bond acceptors (Lipinski definition) is 3. The third kappa shape index (κ3) is 4.20. The third-order valence-electron chi connectivity index (χ3n) is 3.82. The van der Waals surface area contributed by atoms with Gasteiger partial charge in [-0.25, -0.2) is 4.79 Å². The highest BCUT2D eigenvalue weighted by Gasteiger charge is 2.21. The van der Waals surface area contributed by atoms with E-state index in [-0.39, 0.29) is 17.5 Å². The van der Waals surface area contributed by atoms with E-state index in [1.165, 1.54) is 11.6 Å². The molecule has 0 saturated carbocycles. The molecule has 5 heteroatoms. The molecule has 0 bridgehead atoms. The first-order valence-corrected chi connectivity index (χ1v) is 8.53. The van der Waals surface area contributed by atoms with Crippen LogP contribution < -0.4 is 0 Å². The summed E-state index contributed by atoms with van der Waals surface area (Å²) in [5.41, 5.74) is 2.57. The highest BCUT2D eigenvalue weighted by Crippen LogP contribution is 2.17. The second-order valence-electron chi connectivity index (χ2n) is 5.67. The van der Waals surface area contributed by atoms with Crippen LogP contribution in [-0.2, 0) is 6.42 Å². The summed E-state index contributed by atoms with van der Waals surface area (Å²) in [6.45, 7) is 6.34. The van der Waals surface area contributed by atoms with Gasteiger partial charge in [-0.15, -0.1) is 0 Å². The molecule has 0 fully saturated rings. The van der Waals surface area contributed by atoms with E-state index in [1.807, 2.05) is 19.2 Å². The van der Waals surface area contributed by atoms with E-state index in [2.05, 4.69) is 11.4 Å². The molecule has 0 aliphatic carbocycles. The fourth-order valence-electron chi connectivity index (χ4n) is 2.71. The second kappa shape index (κ2) is 7.42. The largest absolute Gasteiger partial charge is 0.478 e. The van der Waals surface area contributed by atoms with E-state index in [0.29, 0.717) is 12.1 Å². The third-order valence-corrected chi connectivity index (χ3v) is 4.55. The van der Waals surface area contributed by atoms with Gasteiger partial charge in [0.2, 0.25) is 0 Å². The maximum Gasteiger partial charge on any atom is 0.335 e. The number of carboxylic acids is 1.